The van der Waals surface area contributed by atoms with Gasteiger partial charge in [0.2, 0.25) is 0 Å². The molecule has 1 aliphatic heterocycles. The molecule has 4 nitrogen and oxygen atoms in total. The summed E-state index contributed by atoms with van der Waals surface area (Å²) in [5, 5.41) is -0.0443. The van der Waals surface area contributed by atoms with Crippen molar-refractivity contribution in [2.45, 2.75) is 6.18 Å². The maximum absolute atomic E-state index is 12.7. The first kappa shape index (κ1) is 19.2. The number of rotatable bonds is 2. The van der Waals surface area contributed by atoms with Crippen LogP contribution in [0.2, 0.25) is 5.02 Å². The number of hydrogen-bond acceptors (Lipinski definition) is 3. The summed E-state index contributed by atoms with van der Waals surface area (Å²) >= 11 is 8.12. The molecule has 0 aliphatic carbocycles. The summed E-state index contributed by atoms with van der Waals surface area (Å²) in [6, 6.07) is 8.22. The third-order valence-corrected chi connectivity index (χ3v) is 5.34. The molecular formula is C17H14ClF3IN3O. The number of halogens is 5. The van der Waals surface area contributed by atoms with Crippen molar-refractivity contribution in [3.05, 3.63) is 56.2 Å². The molecule has 26 heavy (non-hydrogen) atoms. The Kier molecular flexibility index (Phi) is 5.61. The zero-order valence-corrected chi connectivity index (χ0v) is 16.3. The predicted molar refractivity (Wildman–Crippen MR) is 102 cm³/mol. The van der Waals surface area contributed by atoms with Gasteiger partial charge in [0.25, 0.3) is 5.91 Å². The van der Waals surface area contributed by atoms with Gasteiger partial charge in [0.05, 0.1) is 16.1 Å². The first-order valence-electron chi connectivity index (χ1n) is 7.79. The van der Waals surface area contributed by atoms with E-state index < -0.39 is 11.7 Å². The van der Waals surface area contributed by atoms with Crippen molar-refractivity contribution in [3.8, 4) is 0 Å². The Bertz CT molecular complexity index is 823. The number of carbonyl (C=O) groups is 1. The van der Waals surface area contributed by atoms with Crippen LogP contribution in [0.1, 0.15) is 15.9 Å². The zero-order valence-electron chi connectivity index (χ0n) is 13.4. The molecule has 0 unspecified atom stereocenters. The number of carbonyl (C=O) groups excluding carboxylic acids is 1. The maximum atomic E-state index is 12.7. The van der Waals surface area contributed by atoms with Crippen LogP contribution in [0.15, 0.2) is 36.5 Å². The monoisotopic (exact) mass is 495 g/mol. The highest BCUT2D eigenvalue weighted by Crippen LogP contribution is 2.33. The molecule has 1 aromatic heterocycles. The van der Waals surface area contributed by atoms with E-state index in [0.717, 1.165) is 15.8 Å². The van der Waals surface area contributed by atoms with E-state index in [1.807, 2.05) is 18.2 Å². The molecule has 3 rings (SSSR count). The number of amides is 1. The van der Waals surface area contributed by atoms with E-state index >= 15 is 0 Å². The van der Waals surface area contributed by atoms with Crippen LogP contribution in [0.3, 0.4) is 0 Å². The SMILES string of the molecule is O=C(c1ccccc1I)N1CCN(c2ncc(C(F)(F)F)cc2Cl)CC1. The van der Waals surface area contributed by atoms with Crippen LogP contribution in [0, 0.1) is 3.57 Å². The second-order valence-electron chi connectivity index (χ2n) is 5.79. The lowest BCUT2D eigenvalue weighted by Gasteiger charge is -2.36. The zero-order chi connectivity index (χ0) is 18.9. The summed E-state index contributed by atoms with van der Waals surface area (Å²) < 4.78 is 39.0. The van der Waals surface area contributed by atoms with Gasteiger partial charge in [0, 0.05) is 35.9 Å². The number of benzene rings is 1. The Hall–Kier alpha value is -1.55. The number of anilines is 1. The lowest BCUT2D eigenvalue weighted by molar-refractivity contribution is -0.137. The van der Waals surface area contributed by atoms with Gasteiger partial charge < -0.3 is 9.80 Å². The van der Waals surface area contributed by atoms with Gasteiger partial charge in [0.1, 0.15) is 5.82 Å². The number of alkyl halides is 3. The number of hydrogen-bond donors (Lipinski definition) is 0. The normalized spacial score (nSPS) is 15.3. The van der Waals surface area contributed by atoms with E-state index in [4.69, 9.17) is 11.6 Å². The maximum Gasteiger partial charge on any atom is 0.417 e. The third-order valence-electron chi connectivity index (χ3n) is 4.12. The molecule has 1 aliphatic rings. The van der Waals surface area contributed by atoms with Crippen molar-refractivity contribution in [2.24, 2.45) is 0 Å². The molecule has 2 heterocycles. The highest BCUT2D eigenvalue weighted by Gasteiger charge is 2.32. The molecule has 0 N–H and O–H groups in total. The van der Waals surface area contributed by atoms with E-state index in [-0.39, 0.29) is 10.9 Å². The third kappa shape index (κ3) is 4.06. The first-order chi connectivity index (χ1) is 12.3. The standard InChI is InChI=1S/C17H14ClF3IN3O/c18-13-9-11(17(19,20)21)10-23-15(13)24-5-7-25(8-6-24)16(26)12-3-1-2-4-14(12)22/h1-4,9-10H,5-8H2. The Balaban J connectivity index is 1.69. The minimum atomic E-state index is -4.48. The average molecular weight is 496 g/mol. The van der Waals surface area contributed by atoms with E-state index in [1.165, 1.54) is 0 Å². The van der Waals surface area contributed by atoms with Crippen molar-refractivity contribution in [1.29, 1.82) is 0 Å². The summed E-state index contributed by atoms with van der Waals surface area (Å²) in [7, 11) is 0. The van der Waals surface area contributed by atoms with Crippen molar-refractivity contribution in [2.75, 3.05) is 31.1 Å². The Morgan fingerprint density at radius 1 is 1.15 bits per heavy atom. The smallest absolute Gasteiger partial charge is 0.352 e. The Morgan fingerprint density at radius 2 is 1.81 bits per heavy atom. The fourth-order valence-electron chi connectivity index (χ4n) is 2.74. The molecular weight excluding hydrogens is 482 g/mol. The topological polar surface area (TPSA) is 36.4 Å². The van der Waals surface area contributed by atoms with Crippen molar-refractivity contribution in [3.63, 3.8) is 0 Å². The molecule has 1 amide bonds. The number of nitrogens with zero attached hydrogens (tertiary/aromatic N) is 3. The van der Waals surface area contributed by atoms with Crippen LogP contribution in [-0.2, 0) is 6.18 Å². The van der Waals surface area contributed by atoms with Crippen LogP contribution in [0.25, 0.3) is 0 Å². The second kappa shape index (κ2) is 7.59. The molecule has 0 saturated carbocycles. The summed E-state index contributed by atoms with van der Waals surface area (Å²) in [5.41, 5.74) is -0.231. The van der Waals surface area contributed by atoms with Crippen molar-refractivity contribution in [1.82, 2.24) is 9.88 Å². The van der Waals surface area contributed by atoms with Crippen LogP contribution in [0.4, 0.5) is 19.0 Å². The molecule has 0 atom stereocenters. The van der Waals surface area contributed by atoms with Crippen molar-refractivity contribution < 1.29 is 18.0 Å². The number of pyridine rings is 1. The predicted octanol–water partition coefficient (Wildman–Crippen LogP) is 4.32. The van der Waals surface area contributed by atoms with Gasteiger partial charge >= 0.3 is 6.18 Å². The van der Waals surface area contributed by atoms with Gasteiger partial charge in [-0.25, -0.2) is 4.98 Å². The van der Waals surface area contributed by atoms with Crippen molar-refractivity contribution >= 4 is 45.9 Å². The molecule has 1 saturated heterocycles. The first-order valence-corrected chi connectivity index (χ1v) is 9.24. The summed E-state index contributed by atoms with van der Waals surface area (Å²) in [4.78, 5) is 20.0. The highest BCUT2D eigenvalue weighted by atomic mass is 127. The van der Waals surface area contributed by atoms with Gasteiger partial charge in [-0.05, 0) is 40.8 Å². The molecule has 0 bridgehead atoms. The van der Waals surface area contributed by atoms with E-state index in [2.05, 4.69) is 27.6 Å². The minimum Gasteiger partial charge on any atom is -0.352 e. The molecule has 9 heteroatoms. The van der Waals surface area contributed by atoms with Crippen LogP contribution in [0.5, 0.6) is 0 Å². The van der Waals surface area contributed by atoms with Crippen LogP contribution < -0.4 is 4.90 Å². The molecule has 0 spiro atoms. The minimum absolute atomic E-state index is 0.0443. The molecule has 1 aromatic carbocycles. The lowest BCUT2D eigenvalue weighted by Crippen LogP contribution is -2.49. The molecule has 0 radical (unpaired) electrons. The van der Waals surface area contributed by atoms with E-state index in [0.29, 0.717) is 37.6 Å². The molecule has 1 fully saturated rings. The van der Waals surface area contributed by atoms with Gasteiger partial charge in [-0.2, -0.15) is 13.2 Å². The number of aromatic nitrogens is 1. The Labute approximate surface area is 167 Å². The van der Waals surface area contributed by atoms with Gasteiger partial charge in [-0.3, -0.25) is 4.79 Å². The van der Waals surface area contributed by atoms with E-state index in [9.17, 15) is 18.0 Å². The Morgan fingerprint density at radius 3 is 2.38 bits per heavy atom. The quantitative estimate of drug-likeness (QED) is 0.583. The summed E-state index contributed by atoms with van der Waals surface area (Å²) in [5.74, 6) is 0.252. The second-order valence-corrected chi connectivity index (χ2v) is 7.36. The fraction of sp³-hybridized carbons (Fsp3) is 0.294. The molecule has 138 valence electrons. The van der Waals surface area contributed by atoms with Crippen LogP contribution in [-0.4, -0.2) is 42.0 Å². The number of piperazine rings is 1. The van der Waals surface area contributed by atoms with Crippen LogP contribution >= 0.6 is 34.2 Å². The highest BCUT2D eigenvalue weighted by molar-refractivity contribution is 14.1. The largest absolute Gasteiger partial charge is 0.417 e. The van der Waals surface area contributed by atoms with Gasteiger partial charge in [-0.15, -0.1) is 0 Å². The average Bonchev–Trinajstić information content (AvgIpc) is 2.61. The van der Waals surface area contributed by atoms with Gasteiger partial charge in [-0.1, -0.05) is 23.7 Å². The summed E-state index contributed by atoms with van der Waals surface area (Å²) in [6.45, 7) is 1.80. The fourth-order valence-corrected chi connectivity index (χ4v) is 3.65. The van der Waals surface area contributed by atoms with E-state index in [1.54, 1.807) is 15.9 Å². The summed E-state index contributed by atoms with van der Waals surface area (Å²) in [6.07, 6.45) is -3.70. The lowest BCUT2D eigenvalue weighted by atomic mass is 10.2. The molecule has 2 aromatic rings. The van der Waals surface area contributed by atoms with Gasteiger partial charge in [0.15, 0.2) is 0 Å².